The Labute approximate surface area is 311 Å². The van der Waals surface area contributed by atoms with Crippen LogP contribution in [0.5, 0.6) is 0 Å². The van der Waals surface area contributed by atoms with Gasteiger partial charge in [-0.1, -0.05) is 69.2 Å². The third kappa shape index (κ3) is 9.49. The lowest BCUT2D eigenvalue weighted by Gasteiger charge is -2.41. The predicted molar refractivity (Wildman–Crippen MR) is 200 cm³/mol. The third-order valence-corrected chi connectivity index (χ3v) is 12.0. The summed E-state index contributed by atoms with van der Waals surface area (Å²) in [5, 5.41) is 15.1. The molecule has 0 aliphatic carbocycles. The molecule has 4 rings (SSSR count). The molecule has 3 amide bonds. The molecular formula is C38H54ClN3O8S. The number of carbonyl (C=O) groups excluding carboxylic acids is 4. The summed E-state index contributed by atoms with van der Waals surface area (Å²) in [7, 11) is 3.20. The summed E-state index contributed by atoms with van der Waals surface area (Å²) >= 11 is 8.43. The number of hydrogen-bond acceptors (Lipinski definition) is 9. The zero-order valence-electron chi connectivity index (χ0n) is 31.4. The van der Waals surface area contributed by atoms with Gasteiger partial charge in [-0.3, -0.25) is 14.9 Å². The van der Waals surface area contributed by atoms with Gasteiger partial charge in [0, 0.05) is 44.5 Å². The minimum Gasteiger partial charge on any atom is -0.457 e. The minimum absolute atomic E-state index is 0.0822. The van der Waals surface area contributed by atoms with Gasteiger partial charge in [0.05, 0.1) is 23.2 Å². The van der Waals surface area contributed by atoms with E-state index in [0.717, 1.165) is 16.7 Å². The Morgan fingerprint density at radius 2 is 1.90 bits per heavy atom. The van der Waals surface area contributed by atoms with E-state index in [4.69, 9.17) is 25.8 Å². The van der Waals surface area contributed by atoms with E-state index >= 15 is 0 Å². The number of ether oxygens (including phenoxy) is 3. The number of alkyl carbamates (subject to hydrolysis) is 1. The first-order valence-corrected chi connectivity index (χ1v) is 19.1. The molecule has 2 N–H and O–H groups in total. The summed E-state index contributed by atoms with van der Waals surface area (Å²) in [4.78, 5) is 56.3. The number of carbonyl (C=O) groups is 4. The van der Waals surface area contributed by atoms with Crippen LogP contribution in [0.25, 0.3) is 0 Å². The maximum atomic E-state index is 14.1. The van der Waals surface area contributed by atoms with E-state index in [9.17, 15) is 24.3 Å². The van der Waals surface area contributed by atoms with Crippen LogP contribution < -0.4 is 10.2 Å². The molecule has 282 valence electrons. The number of esters is 1. The van der Waals surface area contributed by atoms with Gasteiger partial charge in [-0.2, -0.15) is 11.8 Å². The molecule has 2 fully saturated rings. The Bertz CT molecular complexity index is 1570. The fourth-order valence-corrected chi connectivity index (χ4v) is 7.72. The smallest absolute Gasteiger partial charge is 0.409 e. The first kappa shape index (κ1) is 40.7. The number of epoxide rings is 1. The Kier molecular flexibility index (Phi) is 13.0. The molecule has 3 aliphatic heterocycles. The van der Waals surface area contributed by atoms with E-state index in [0.29, 0.717) is 28.1 Å². The molecule has 4 bridgehead atoms. The molecule has 7 unspecified atom stereocenters. The quantitative estimate of drug-likeness (QED) is 0.255. The molecule has 0 aromatic heterocycles. The number of amides is 3. The van der Waals surface area contributed by atoms with Crippen LogP contribution in [-0.2, 0) is 35.0 Å². The molecule has 3 aliphatic rings. The maximum Gasteiger partial charge on any atom is 0.409 e. The normalized spacial score (nSPS) is 32.1. The molecule has 0 spiro atoms. The van der Waals surface area contributed by atoms with E-state index in [1.807, 2.05) is 58.1 Å². The molecule has 3 heterocycles. The van der Waals surface area contributed by atoms with Crippen LogP contribution in [0.2, 0.25) is 5.02 Å². The lowest BCUT2D eigenvalue weighted by Crippen LogP contribution is -2.60. The Morgan fingerprint density at radius 1 is 1.22 bits per heavy atom. The van der Waals surface area contributed by atoms with E-state index < -0.39 is 59.6 Å². The number of fused-ring (bicyclic) bond motifs is 5. The van der Waals surface area contributed by atoms with Crippen molar-refractivity contribution in [2.75, 3.05) is 24.7 Å². The lowest BCUT2D eigenvalue weighted by molar-refractivity contribution is -0.161. The highest BCUT2D eigenvalue weighted by Crippen LogP contribution is 2.49. The molecule has 8 atom stereocenters. The number of anilines is 1. The summed E-state index contributed by atoms with van der Waals surface area (Å²) in [6, 6.07) is 2.93. The highest BCUT2D eigenvalue weighted by molar-refractivity contribution is 7.99. The Hall–Kier alpha value is -3.06. The van der Waals surface area contributed by atoms with Crippen molar-refractivity contribution in [2.45, 2.75) is 122 Å². The highest BCUT2D eigenvalue weighted by Gasteiger charge is 2.64. The predicted octanol–water partition coefficient (Wildman–Crippen LogP) is 5.97. The van der Waals surface area contributed by atoms with Gasteiger partial charge in [-0.15, -0.1) is 0 Å². The van der Waals surface area contributed by atoms with Crippen molar-refractivity contribution in [1.29, 1.82) is 0 Å². The average Bonchev–Trinajstić information content (AvgIpc) is 3.75. The van der Waals surface area contributed by atoms with Gasteiger partial charge in [0.1, 0.15) is 29.6 Å². The van der Waals surface area contributed by atoms with Crippen LogP contribution in [0, 0.1) is 18.8 Å². The number of likely N-dealkylation sites (N-methyl/N-ethyl adjacent to an activating group) is 1. The highest BCUT2D eigenvalue weighted by atomic mass is 35.5. The summed E-state index contributed by atoms with van der Waals surface area (Å²) < 4.78 is 18.1. The average molecular weight is 748 g/mol. The fourth-order valence-electron chi connectivity index (χ4n) is 6.72. The Morgan fingerprint density at radius 3 is 2.57 bits per heavy atom. The van der Waals surface area contributed by atoms with Crippen LogP contribution >= 0.6 is 23.4 Å². The third-order valence-electron chi connectivity index (χ3n) is 10.4. The van der Waals surface area contributed by atoms with Gasteiger partial charge >= 0.3 is 12.1 Å². The zero-order valence-corrected chi connectivity index (χ0v) is 33.0. The summed E-state index contributed by atoms with van der Waals surface area (Å²) in [6.45, 7) is 15.0. The van der Waals surface area contributed by atoms with Crippen molar-refractivity contribution in [3.8, 4) is 0 Å². The van der Waals surface area contributed by atoms with E-state index in [-0.39, 0.29) is 31.1 Å². The second-order valence-corrected chi connectivity index (χ2v) is 16.9. The number of rotatable bonds is 7. The van der Waals surface area contributed by atoms with Gasteiger partial charge in [-0.25, -0.2) is 9.59 Å². The van der Waals surface area contributed by atoms with Crippen molar-refractivity contribution < 1.29 is 38.5 Å². The van der Waals surface area contributed by atoms with Crippen molar-refractivity contribution in [2.24, 2.45) is 11.8 Å². The number of hydrogen-bond donors (Lipinski definition) is 2. The number of nitrogens with one attached hydrogen (secondary N) is 1. The van der Waals surface area contributed by atoms with E-state index in [2.05, 4.69) is 19.2 Å². The van der Waals surface area contributed by atoms with Crippen LogP contribution in [0.15, 0.2) is 35.9 Å². The molecular weight excluding hydrogens is 694 g/mol. The van der Waals surface area contributed by atoms with E-state index in [1.165, 1.54) is 9.80 Å². The number of nitrogens with zero attached hydrogens (tertiary/aromatic N) is 2. The second-order valence-electron chi connectivity index (χ2n) is 14.8. The maximum absolute atomic E-state index is 14.1. The molecule has 2 saturated heterocycles. The van der Waals surface area contributed by atoms with Crippen molar-refractivity contribution in [1.82, 2.24) is 10.2 Å². The summed E-state index contributed by atoms with van der Waals surface area (Å²) in [5.74, 6) is -1.51. The monoisotopic (exact) mass is 747 g/mol. The van der Waals surface area contributed by atoms with E-state index in [1.54, 1.807) is 39.7 Å². The zero-order chi connectivity index (χ0) is 38.0. The van der Waals surface area contributed by atoms with Crippen LogP contribution in [-0.4, -0.2) is 94.7 Å². The first-order valence-electron chi connectivity index (χ1n) is 17.6. The SMILES string of the molecule is C/C1=C\C=C\C(C)C2(O)CC(OC(=O)N2)C(C)C2OC2(C)C(OC(=O)[C@H](C)N(C)C(=O)CCSC(C)C)CC(=O)N(C)c2cc(cc(C)c2Cl)C1. The van der Waals surface area contributed by atoms with Crippen LogP contribution in [0.1, 0.15) is 78.9 Å². The number of aryl methyl sites for hydroxylation is 1. The van der Waals surface area contributed by atoms with Crippen molar-refractivity contribution >= 4 is 52.9 Å². The topological polar surface area (TPSA) is 138 Å². The molecule has 0 radical (unpaired) electrons. The van der Waals surface area contributed by atoms with Gasteiger partial charge in [-0.05, 0) is 56.6 Å². The summed E-state index contributed by atoms with van der Waals surface area (Å²) in [5.41, 5.74) is 0.568. The van der Waals surface area contributed by atoms with Crippen molar-refractivity contribution in [3.05, 3.63) is 52.1 Å². The minimum atomic E-state index is -1.59. The molecule has 11 nitrogen and oxygen atoms in total. The fraction of sp³-hybridized carbons (Fsp3) is 0.632. The van der Waals surface area contributed by atoms with Gasteiger partial charge in [0.25, 0.3) is 0 Å². The standard InChI is InChI=1S/C38H54ClN3O8S/c1-21(2)51-15-14-31(43)41(9)26(7)35(45)49-30-19-32(44)42(10)28-18-27(17-23(4)33(28)39)16-22(3)12-11-13-24(5)38(47)20-29(48-36(46)40-38)25(6)34-37(30,8)50-34/h11-13,17-18,21,24-26,29-30,34,47H,14-16,19-20H2,1-10H3,(H,40,46)/b13-11+,22-12+/t24?,25?,26-,29?,30?,34?,37?,38?/m0/s1. The van der Waals surface area contributed by atoms with Gasteiger partial charge < -0.3 is 29.1 Å². The molecule has 13 heteroatoms. The number of benzene rings is 1. The first-order chi connectivity index (χ1) is 23.8. The number of thioether (sulfide) groups is 1. The number of halogens is 1. The summed E-state index contributed by atoms with van der Waals surface area (Å²) in [6.07, 6.45) is 3.20. The lowest BCUT2D eigenvalue weighted by atomic mass is 9.82. The van der Waals surface area contributed by atoms with Crippen molar-refractivity contribution in [3.63, 3.8) is 0 Å². The van der Waals surface area contributed by atoms with Crippen LogP contribution in [0.4, 0.5) is 10.5 Å². The largest absolute Gasteiger partial charge is 0.457 e. The van der Waals surface area contributed by atoms with Gasteiger partial charge in [0.2, 0.25) is 11.8 Å². The number of aliphatic hydroxyl groups is 1. The second kappa shape index (κ2) is 16.3. The Balaban J connectivity index is 1.70. The number of allylic oxidation sites excluding steroid dienone is 3. The molecule has 0 saturated carbocycles. The molecule has 1 aromatic carbocycles. The van der Waals surface area contributed by atoms with Gasteiger partial charge in [0.15, 0.2) is 0 Å². The van der Waals surface area contributed by atoms with Crippen LogP contribution in [0.3, 0.4) is 0 Å². The molecule has 51 heavy (non-hydrogen) atoms. The molecule has 1 aromatic rings.